The number of nitrogens with one attached hydrogen (secondary N) is 2. The molecule has 1 amide bonds. The van der Waals surface area contributed by atoms with Crippen LogP contribution in [0.2, 0.25) is 0 Å². The van der Waals surface area contributed by atoms with Gasteiger partial charge < -0.3 is 15.4 Å². The van der Waals surface area contributed by atoms with Crippen LogP contribution in [0, 0.1) is 12.8 Å². The normalized spacial score (nSPS) is 12.2. The largest absolute Gasteiger partial charge is 0.481 e. The van der Waals surface area contributed by atoms with Crippen molar-refractivity contribution in [2.45, 2.75) is 38.3 Å². The first-order chi connectivity index (χ1) is 9.76. The minimum Gasteiger partial charge on any atom is -0.481 e. The van der Waals surface area contributed by atoms with Gasteiger partial charge in [-0.1, -0.05) is 13.8 Å². The summed E-state index contributed by atoms with van der Waals surface area (Å²) in [4.78, 5) is 40.8. The molecule has 1 unspecified atom stereocenters. The fourth-order valence-electron chi connectivity index (χ4n) is 1.86. The molecule has 0 spiro atoms. The number of nitrogens with zero attached hydrogens (tertiary/aromatic N) is 1. The van der Waals surface area contributed by atoms with Gasteiger partial charge in [0.1, 0.15) is 5.03 Å². The van der Waals surface area contributed by atoms with Crippen molar-refractivity contribution in [2.24, 2.45) is 5.92 Å². The van der Waals surface area contributed by atoms with E-state index < -0.39 is 23.6 Å². The van der Waals surface area contributed by atoms with Crippen molar-refractivity contribution < 1.29 is 14.7 Å². The Hall–Kier alpha value is -1.83. The van der Waals surface area contributed by atoms with Gasteiger partial charge in [-0.3, -0.25) is 9.59 Å². The second-order valence-electron chi connectivity index (χ2n) is 4.97. The number of hydrogen-bond acceptors (Lipinski definition) is 5. The van der Waals surface area contributed by atoms with E-state index in [1.165, 1.54) is 11.8 Å². The number of hydrogen-bond donors (Lipinski definition) is 3. The van der Waals surface area contributed by atoms with Crippen LogP contribution in [-0.4, -0.2) is 39.2 Å². The van der Waals surface area contributed by atoms with E-state index in [1.54, 1.807) is 13.2 Å². The van der Waals surface area contributed by atoms with Crippen molar-refractivity contribution in [3.8, 4) is 0 Å². The zero-order valence-corrected chi connectivity index (χ0v) is 13.2. The van der Waals surface area contributed by atoms with E-state index >= 15 is 0 Å². The molecule has 3 N–H and O–H groups in total. The topological polar surface area (TPSA) is 112 Å². The molecule has 1 aromatic rings. The Balaban J connectivity index is 3.08. The van der Waals surface area contributed by atoms with Gasteiger partial charge in [-0.05, 0) is 19.1 Å². The summed E-state index contributed by atoms with van der Waals surface area (Å²) in [6, 6.07) is -0.490. The van der Waals surface area contributed by atoms with Crippen molar-refractivity contribution in [1.82, 2.24) is 15.3 Å². The smallest absolute Gasteiger partial charge is 0.346 e. The van der Waals surface area contributed by atoms with Crippen LogP contribution in [0.3, 0.4) is 0 Å². The highest BCUT2D eigenvalue weighted by molar-refractivity contribution is 7.98. The number of aromatic amines is 1. The van der Waals surface area contributed by atoms with Crippen molar-refractivity contribution in [2.75, 3.05) is 6.26 Å². The van der Waals surface area contributed by atoms with Gasteiger partial charge in [0, 0.05) is 11.7 Å². The number of H-pyrrole nitrogens is 1. The van der Waals surface area contributed by atoms with E-state index in [1.807, 2.05) is 13.8 Å². The van der Waals surface area contributed by atoms with Crippen LogP contribution >= 0.6 is 11.8 Å². The number of carbonyl (C=O) groups is 2. The molecule has 0 aliphatic carbocycles. The fourth-order valence-corrected chi connectivity index (χ4v) is 2.48. The zero-order chi connectivity index (χ0) is 16.2. The number of thioether (sulfide) groups is 1. The van der Waals surface area contributed by atoms with Crippen molar-refractivity contribution in [1.29, 1.82) is 0 Å². The fraction of sp³-hybridized carbons (Fsp3) is 0.538. The van der Waals surface area contributed by atoms with Crippen molar-refractivity contribution in [3.05, 3.63) is 21.7 Å². The van der Waals surface area contributed by atoms with E-state index in [9.17, 15) is 14.4 Å². The number of aryl methyl sites for hydroxylation is 1. The molecule has 7 nitrogen and oxygen atoms in total. The number of aromatic nitrogens is 2. The van der Waals surface area contributed by atoms with Crippen LogP contribution in [0.1, 0.15) is 36.3 Å². The lowest BCUT2D eigenvalue weighted by atomic mass is 10.0. The molecular weight excluding hydrogens is 294 g/mol. The van der Waals surface area contributed by atoms with E-state index in [-0.39, 0.29) is 17.9 Å². The molecule has 8 heteroatoms. The first-order valence-corrected chi connectivity index (χ1v) is 7.66. The lowest BCUT2D eigenvalue weighted by Gasteiger charge is -2.21. The second kappa shape index (κ2) is 7.26. The van der Waals surface area contributed by atoms with Gasteiger partial charge in [-0.2, -0.15) is 4.98 Å². The summed E-state index contributed by atoms with van der Waals surface area (Å²) in [6.45, 7) is 5.28. The van der Waals surface area contributed by atoms with E-state index in [0.717, 1.165) is 0 Å². The van der Waals surface area contributed by atoms with E-state index in [2.05, 4.69) is 15.3 Å². The van der Waals surface area contributed by atoms with Crippen LogP contribution in [0.25, 0.3) is 0 Å². The molecule has 0 aromatic carbocycles. The number of aliphatic carboxylic acids is 1. The second-order valence-corrected chi connectivity index (χ2v) is 5.77. The molecule has 116 valence electrons. The standard InChI is InChI=1S/C13H19N3O4S/c1-6(2)8(5-9(17)18)15-11(19)10-7(3)14-13(20)16-12(10)21-4/h6,8H,5H2,1-4H3,(H,15,19)(H,17,18)(H,14,16,20). The molecule has 1 rings (SSSR count). The molecule has 0 fully saturated rings. The summed E-state index contributed by atoms with van der Waals surface area (Å²) in [5, 5.41) is 11.9. The lowest BCUT2D eigenvalue weighted by molar-refractivity contribution is -0.137. The predicted octanol–water partition coefficient (Wildman–Crippen LogP) is 1.03. The zero-order valence-electron chi connectivity index (χ0n) is 12.4. The minimum absolute atomic E-state index is 0.0289. The van der Waals surface area contributed by atoms with Gasteiger partial charge in [-0.25, -0.2) is 4.79 Å². The van der Waals surface area contributed by atoms with Crippen molar-refractivity contribution >= 4 is 23.6 Å². The Morgan fingerprint density at radius 1 is 1.43 bits per heavy atom. The van der Waals surface area contributed by atoms with E-state index in [0.29, 0.717) is 10.7 Å². The molecule has 21 heavy (non-hydrogen) atoms. The Kier molecular flexibility index (Phi) is 5.95. The number of amides is 1. The van der Waals surface area contributed by atoms with E-state index in [4.69, 9.17) is 5.11 Å². The predicted molar refractivity (Wildman–Crippen MR) is 79.7 cm³/mol. The Morgan fingerprint density at radius 3 is 2.52 bits per heavy atom. The first-order valence-electron chi connectivity index (χ1n) is 6.43. The van der Waals surface area contributed by atoms with Crippen molar-refractivity contribution in [3.63, 3.8) is 0 Å². The first kappa shape index (κ1) is 17.2. The summed E-state index contributed by atoms with van der Waals surface area (Å²) in [5.41, 5.74) is 0.173. The highest BCUT2D eigenvalue weighted by Crippen LogP contribution is 2.18. The molecule has 0 radical (unpaired) electrons. The third kappa shape index (κ3) is 4.59. The van der Waals surface area contributed by atoms with Gasteiger partial charge in [-0.15, -0.1) is 11.8 Å². The van der Waals surface area contributed by atoms with Crippen LogP contribution < -0.4 is 11.0 Å². The van der Waals surface area contributed by atoms with Crippen LogP contribution in [0.4, 0.5) is 0 Å². The number of carboxylic acids is 1. The highest BCUT2D eigenvalue weighted by atomic mass is 32.2. The van der Waals surface area contributed by atoms with Crippen LogP contribution in [0.5, 0.6) is 0 Å². The van der Waals surface area contributed by atoms with Gasteiger partial charge in [0.05, 0.1) is 12.0 Å². The number of rotatable bonds is 6. The summed E-state index contributed by atoms with van der Waals surface area (Å²) in [5.74, 6) is -1.44. The summed E-state index contributed by atoms with van der Waals surface area (Å²) < 4.78 is 0. The molecule has 1 aromatic heterocycles. The SMILES string of the molecule is CSc1nc(=O)[nH]c(C)c1C(=O)NC(CC(=O)O)C(C)C. The van der Waals surface area contributed by atoms with Crippen LogP contribution in [0.15, 0.2) is 9.82 Å². The summed E-state index contributed by atoms with van der Waals surface area (Å²) in [7, 11) is 0. The Morgan fingerprint density at radius 2 is 2.05 bits per heavy atom. The molecule has 1 atom stereocenters. The molecule has 0 bridgehead atoms. The average molecular weight is 313 g/mol. The molecular formula is C13H19N3O4S. The minimum atomic E-state index is -0.976. The molecule has 0 saturated heterocycles. The third-order valence-electron chi connectivity index (χ3n) is 3.02. The maximum Gasteiger partial charge on any atom is 0.346 e. The summed E-state index contributed by atoms with van der Waals surface area (Å²) in [6.07, 6.45) is 1.56. The van der Waals surface area contributed by atoms with Gasteiger partial charge in [0.25, 0.3) is 5.91 Å². The number of carbonyl (C=O) groups excluding carboxylic acids is 1. The number of carboxylic acid groups (broad SMARTS) is 1. The Bertz CT molecular complexity index is 598. The van der Waals surface area contributed by atoms with Crippen LogP contribution in [-0.2, 0) is 4.79 Å². The van der Waals surface area contributed by atoms with Gasteiger partial charge in [0.2, 0.25) is 0 Å². The molecule has 1 heterocycles. The lowest BCUT2D eigenvalue weighted by Crippen LogP contribution is -2.41. The summed E-state index contributed by atoms with van der Waals surface area (Å²) >= 11 is 1.19. The molecule has 0 aliphatic heterocycles. The molecule has 0 saturated carbocycles. The maximum atomic E-state index is 12.4. The quantitative estimate of drug-likeness (QED) is 0.534. The van der Waals surface area contributed by atoms with Gasteiger partial charge >= 0.3 is 11.7 Å². The highest BCUT2D eigenvalue weighted by Gasteiger charge is 2.23. The average Bonchev–Trinajstić information content (AvgIpc) is 2.35. The Labute approximate surface area is 126 Å². The monoisotopic (exact) mass is 313 g/mol. The maximum absolute atomic E-state index is 12.4. The van der Waals surface area contributed by atoms with Gasteiger partial charge in [0.15, 0.2) is 0 Å². The molecule has 0 aliphatic rings. The third-order valence-corrected chi connectivity index (χ3v) is 3.70.